The molecule has 2 saturated heterocycles. The number of thioether (sulfide) groups is 1. The van der Waals surface area contributed by atoms with E-state index in [0.29, 0.717) is 0 Å². The van der Waals surface area contributed by atoms with Crippen molar-refractivity contribution in [3.63, 3.8) is 0 Å². The van der Waals surface area contributed by atoms with Crippen molar-refractivity contribution in [1.29, 1.82) is 0 Å². The summed E-state index contributed by atoms with van der Waals surface area (Å²) in [6.07, 6.45) is 0. The maximum atomic E-state index is 11.2. The molecule has 2 heterocycles. The predicted molar refractivity (Wildman–Crippen MR) is 48.7 cm³/mol. The second-order valence-corrected chi connectivity index (χ2v) is 4.21. The molecule has 0 aliphatic carbocycles. The maximum absolute atomic E-state index is 11.2. The Morgan fingerprint density at radius 1 is 1.55 bits per heavy atom. The molecule has 0 aromatic heterocycles. The Kier molecular flexibility index (Phi) is 1.76. The molecule has 2 aliphatic rings. The number of nitrogens with zero attached hydrogens (tertiary/aromatic N) is 2. The summed E-state index contributed by atoms with van der Waals surface area (Å²) < 4.78 is 1.44. The fourth-order valence-electron chi connectivity index (χ4n) is 1.43. The minimum atomic E-state index is -0.177. The lowest BCUT2D eigenvalue weighted by atomic mass is 10.1. The van der Waals surface area contributed by atoms with Crippen molar-refractivity contribution in [1.82, 2.24) is 9.12 Å². The third kappa shape index (κ3) is 0.956. The Labute approximate surface area is 76.5 Å². The molecular formula is C5H7BN2OS2. The van der Waals surface area contributed by atoms with Crippen molar-refractivity contribution in [2.45, 2.75) is 12.1 Å². The van der Waals surface area contributed by atoms with E-state index in [1.165, 1.54) is 9.12 Å². The van der Waals surface area contributed by atoms with E-state index in [-0.39, 0.29) is 18.1 Å². The van der Waals surface area contributed by atoms with Gasteiger partial charge in [0.2, 0.25) is 7.98 Å². The molecule has 2 atom stereocenters. The number of urea groups is 1. The van der Waals surface area contributed by atoms with Crippen molar-refractivity contribution < 1.29 is 4.79 Å². The Morgan fingerprint density at radius 2 is 2.18 bits per heavy atom. The topological polar surface area (TPSA) is 23.6 Å². The lowest BCUT2D eigenvalue weighted by Crippen LogP contribution is -2.33. The highest BCUT2D eigenvalue weighted by Crippen LogP contribution is 2.33. The van der Waals surface area contributed by atoms with Crippen LogP contribution in [0.25, 0.3) is 0 Å². The summed E-state index contributed by atoms with van der Waals surface area (Å²) in [5, 5.41) is 0. The van der Waals surface area contributed by atoms with E-state index in [1.807, 2.05) is 11.8 Å². The van der Waals surface area contributed by atoms with E-state index in [2.05, 4.69) is 12.8 Å². The molecule has 0 aromatic rings. The smallest absolute Gasteiger partial charge is 0.317 e. The highest BCUT2D eigenvalue weighted by Gasteiger charge is 2.44. The van der Waals surface area contributed by atoms with Crippen LogP contribution in [-0.2, 0) is 0 Å². The average molecular weight is 186 g/mol. The van der Waals surface area contributed by atoms with E-state index in [9.17, 15) is 4.79 Å². The van der Waals surface area contributed by atoms with Crippen LogP contribution in [0.4, 0.5) is 4.79 Å². The summed E-state index contributed by atoms with van der Waals surface area (Å²) in [4.78, 5) is 12.4. The summed E-state index contributed by atoms with van der Waals surface area (Å²) in [6.45, 7) is 0. The molecule has 0 saturated carbocycles. The molecule has 2 rings (SSSR count). The van der Waals surface area contributed by atoms with Crippen LogP contribution in [0.2, 0.25) is 0 Å². The number of hydrogen-bond acceptors (Lipinski definition) is 3. The first-order chi connectivity index (χ1) is 5.22. The Hall–Kier alpha value is 0.0349. The van der Waals surface area contributed by atoms with Gasteiger partial charge in [0.1, 0.15) is 0 Å². The van der Waals surface area contributed by atoms with Crippen LogP contribution in [0.15, 0.2) is 0 Å². The monoisotopic (exact) mass is 186 g/mol. The largest absolute Gasteiger partial charge is 0.373 e. The van der Waals surface area contributed by atoms with Gasteiger partial charge in [-0.1, -0.05) is 12.8 Å². The van der Waals surface area contributed by atoms with Gasteiger partial charge in [-0.25, -0.2) is 4.79 Å². The van der Waals surface area contributed by atoms with E-state index in [1.54, 1.807) is 0 Å². The van der Waals surface area contributed by atoms with Gasteiger partial charge in [-0.3, -0.25) is 4.31 Å². The van der Waals surface area contributed by atoms with Crippen molar-refractivity contribution in [2.24, 2.45) is 0 Å². The first-order valence-electron chi connectivity index (χ1n) is 3.35. The highest BCUT2D eigenvalue weighted by atomic mass is 32.2. The van der Waals surface area contributed by atoms with Gasteiger partial charge in [0, 0.05) is 11.5 Å². The molecule has 0 aromatic carbocycles. The number of hydrogen-bond donors (Lipinski definition) is 1. The van der Waals surface area contributed by atoms with Crippen molar-refractivity contribution in [3.05, 3.63) is 0 Å². The van der Waals surface area contributed by atoms with Crippen LogP contribution in [0.1, 0.15) is 0 Å². The Balaban J connectivity index is 2.23. The van der Waals surface area contributed by atoms with Gasteiger partial charge >= 0.3 is 6.03 Å². The molecule has 2 aliphatic heterocycles. The predicted octanol–water partition coefficient (Wildman–Crippen LogP) is 0.136. The quantitative estimate of drug-likeness (QED) is 0.330. The minimum absolute atomic E-state index is 0.171. The van der Waals surface area contributed by atoms with Crippen LogP contribution in [0.5, 0.6) is 0 Å². The minimum Gasteiger partial charge on any atom is -0.373 e. The zero-order chi connectivity index (χ0) is 8.01. The number of carbonyl (C=O) groups excluding carboxylic acids is 1. The van der Waals surface area contributed by atoms with Gasteiger partial charge < -0.3 is 4.81 Å². The van der Waals surface area contributed by atoms with E-state index in [4.69, 9.17) is 7.98 Å². The number of fused-ring (bicyclic) bond motifs is 1. The fraction of sp³-hybridized carbons (Fsp3) is 0.800. The van der Waals surface area contributed by atoms with Gasteiger partial charge in [-0.15, -0.1) is 0 Å². The molecule has 58 valence electrons. The summed E-state index contributed by atoms with van der Waals surface area (Å²) >= 11 is 5.88. The van der Waals surface area contributed by atoms with E-state index >= 15 is 0 Å². The van der Waals surface area contributed by atoms with Crippen molar-refractivity contribution in [3.8, 4) is 0 Å². The average Bonchev–Trinajstić information content (AvgIpc) is 2.53. The summed E-state index contributed by atoms with van der Waals surface area (Å²) in [6, 6.07) is 0.203. The second-order valence-electron chi connectivity index (χ2n) is 2.71. The molecule has 11 heavy (non-hydrogen) atoms. The lowest BCUT2D eigenvalue weighted by Gasteiger charge is -2.14. The van der Waals surface area contributed by atoms with Crippen LogP contribution in [0.3, 0.4) is 0 Å². The fourth-order valence-corrected chi connectivity index (χ4v) is 3.26. The molecule has 2 amide bonds. The molecule has 6 heteroatoms. The SMILES string of the molecule is [B]N1C(=O)N(S)C2CSCC21. The Bertz CT molecular complexity index is 185. The second kappa shape index (κ2) is 2.52. The van der Waals surface area contributed by atoms with Gasteiger partial charge in [-0.05, 0) is 0 Å². The molecular weight excluding hydrogens is 179 g/mol. The van der Waals surface area contributed by atoms with Gasteiger partial charge in [0.05, 0.1) is 12.1 Å². The number of rotatable bonds is 0. The highest BCUT2D eigenvalue weighted by molar-refractivity contribution is 7.99. The summed E-state index contributed by atoms with van der Waals surface area (Å²) in [5.41, 5.74) is 0. The van der Waals surface area contributed by atoms with Crippen molar-refractivity contribution >= 4 is 38.6 Å². The standard InChI is InChI=1S/C5H7BN2OS2/c6-7-3-1-11-2-4(3)8(10)5(7)9/h3-4,10H,1-2H2. The lowest BCUT2D eigenvalue weighted by molar-refractivity contribution is 0.224. The first kappa shape index (κ1) is 7.67. The summed E-state index contributed by atoms with van der Waals surface area (Å²) in [5.74, 6) is 1.89. The van der Waals surface area contributed by atoms with Crippen LogP contribution >= 0.6 is 24.6 Å². The van der Waals surface area contributed by atoms with E-state index in [0.717, 1.165) is 11.5 Å². The molecule has 2 radical (unpaired) electrons. The third-order valence-corrected chi connectivity index (χ3v) is 3.73. The Morgan fingerprint density at radius 3 is 2.82 bits per heavy atom. The number of thiol groups is 1. The third-order valence-electron chi connectivity index (χ3n) is 2.11. The zero-order valence-corrected chi connectivity index (χ0v) is 7.52. The molecule has 2 unspecified atom stereocenters. The molecule has 2 fully saturated rings. The normalized spacial score (nSPS) is 36.6. The molecule has 0 spiro atoms. The maximum Gasteiger partial charge on any atom is 0.317 e. The van der Waals surface area contributed by atoms with Gasteiger partial charge in [0.25, 0.3) is 0 Å². The van der Waals surface area contributed by atoms with Gasteiger partial charge in [-0.2, -0.15) is 11.8 Å². The molecule has 0 bridgehead atoms. The molecule has 0 N–H and O–H groups in total. The number of carbonyl (C=O) groups is 1. The van der Waals surface area contributed by atoms with Crippen molar-refractivity contribution in [2.75, 3.05) is 11.5 Å². The zero-order valence-electron chi connectivity index (χ0n) is 5.80. The first-order valence-corrected chi connectivity index (χ1v) is 4.91. The van der Waals surface area contributed by atoms with Gasteiger partial charge in [0.15, 0.2) is 0 Å². The van der Waals surface area contributed by atoms with Crippen LogP contribution in [0, 0.1) is 0 Å². The van der Waals surface area contributed by atoms with Crippen LogP contribution < -0.4 is 0 Å². The number of amides is 2. The van der Waals surface area contributed by atoms with Crippen LogP contribution in [-0.4, -0.2) is 46.7 Å². The summed E-state index contributed by atoms with van der Waals surface area (Å²) in [7, 11) is 5.53. The van der Waals surface area contributed by atoms with E-state index < -0.39 is 0 Å². The molecule has 3 nitrogen and oxygen atoms in total.